The topological polar surface area (TPSA) is 65.5 Å². The molecule has 0 saturated carbocycles. The average molecular weight is 418 g/mol. The van der Waals surface area contributed by atoms with Gasteiger partial charge in [0, 0.05) is 37.3 Å². The predicted octanol–water partition coefficient (Wildman–Crippen LogP) is 3.74. The van der Waals surface area contributed by atoms with Gasteiger partial charge in [-0.3, -0.25) is 9.59 Å². The van der Waals surface area contributed by atoms with Crippen LogP contribution in [0.4, 0.5) is 15.9 Å². The van der Waals surface area contributed by atoms with E-state index in [1.165, 1.54) is 24.3 Å². The SMILES string of the molecule is Cc1ccccc1C(=O)N1CCN(c2ccc(NC(=O)c3ccc(F)cc3)cn2)CC1. The van der Waals surface area contributed by atoms with Gasteiger partial charge in [0.2, 0.25) is 0 Å². The van der Waals surface area contributed by atoms with Gasteiger partial charge in [-0.2, -0.15) is 0 Å². The number of rotatable bonds is 4. The second-order valence-electron chi connectivity index (χ2n) is 7.46. The van der Waals surface area contributed by atoms with Crippen LogP contribution in [-0.2, 0) is 0 Å². The molecule has 0 spiro atoms. The third-order valence-electron chi connectivity index (χ3n) is 5.38. The fraction of sp³-hybridized carbons (Fsp3) is 0.208. The number of aromatic nitrogens is 1. The number of carbonyl (C=O) groups excluding carboxylic acids is 2. The van der Waals surface area contributed by atoms with Gasteiger partial charge in [-0.25, -0.2) is 9.37 Å². The number of amides is 2. The zero-order chi connectivity index (χ0) is 21.8. The van der Waals surface area contributed by atoms with Crippen molar-refractivity contribution in [2.45, 2.75) is 6.92 Å². The number of nitrogens with zero attached hydrogens (tertiary/aromatic N) is 3. The van der Waals surface area contributed by atoms with Crippen LogP contribution in [0.25, 0.3) is 0 Å². The van der Waals surface area contributed by atoms with E-state index in [1.54, 1.807) is 12.3 Å². The lowest BCUT2D eigenvalue weighted by Crippen LogP contribution is -2.49. The Morgan fingerprint density at radius 2 is 1.65 bits per heavy atom. The highest BCUT2D eigenvalue weighted by Crippen LogP contribution is 2.19. The van der Waals surface area contributed by atoms with Crippen LogP contribution in [0.5, 0.6) is 0 Å². The Bertz CT molecular complexity index is 1080. The molecule has 0 unspecified atom stereocenters. The van der Waals surface area contributed by atoms with Crippen molar-refractivity contribution in [1.82, 2.24) is 9.88 Å². The first-order chi connectivity index (χ1) is 15.0. The van der Waals surface area contributed by atoms with Crippen LogP contribution < -0.4 is 10.2 Å². The zero-order valence-corrected chi connectivity index (χ0v) is 17.2. The first-order valence-electron chi connectivity index (χ1n) is 10.1. The molecule has 2 heterocycles. The Hall–Kier alpha value is -3.74. The number of aryl methyl sites for hydroxylation is 1. The molecule has 3 aromatic rings. The molecule has 1 fully saturated rings. The van der Waals surface area contributed by atoms with Gasteiger partial charge < -0.3 is 15.1 Å². The summed E-state index contributed by atoms with van der Waals surface area (Å²) in [5, 5.41) is 2.76. The van der Waals surface area contributed by atoms with Crippen LogP contribution in [0.3, 0.4) is 0 Å². The number of anilines is 2. The van der Waals surface area contributed by atoms with Crippen molar-refractivity contribution >= 4 is 23.3 Å². The monoisotopic (exact) mass is 418 g/mol. The number of hydrogen-bond acceptors (Lipinski definition) is 4. The second-order valence-corrected chi connectivity index (χ2v) is 7.46. The molecule has 7 heteroatoms. The lowest BCUT2D eigenvalue weighted by Gasteiger charge is -2.35. The molecule has 4 rings (SSSR count). The first-order valence-corrected chi connectivity index (χ1v) is 10.1. The van der Waals surface area contributed by atoms with E-state index in [0.717, 1.165) is 16.9 Å². The molecule has 0 aliphatic carbocycles. The van der Waals surface area contributed by atoms with Gasteiger partial charge in [0.1, 0.15) is 11.6 Å². The molecule has 0 atom stereocenters. The Morgan fingerprint density at radius 1 is 0.935 bits per heavy atom. The number of hydrogen-bond donors (Lipinski definition) is 1. The number of benzene rings is 2. The minimum absolute atomic E-state index is 0.0598. The van der Waals surface area contributed by atoms with Gasteiger partial charge in [0.25, 0.3) is 11.8 Å². The summed E-state index contributed by atoms with van der Waals surface area (Å²) in [6.45, 7) is 4.57. The standard InChI is InChI=1S/C24H23FN4O2/c1-17-4-2-3-5-21(17)24(31)29-14-12-28(13-15-29)22-11-10-20(16-26-22)27-23(30)18-6-8-19(25)9-7-18/h2-11,16H,12-15H2,1H3,(H,27,30). The van der Waals surface area contributed by atoms with Crippen LogP contribution >= 0.6 is 0 Å². The molecule has 1 saturated heterocycles. The summed E-state index contributed by atoms with van der Waals surface area (Å²) in [5.41, 5.74) is 2.66. The van der Waals surface area contributed by atoms with Crippen molar-refractivity contribution in [2.24, 2.45) is 0 Å². The number of piperazine rings is 1. The van der Waals surface area contributed by atoms with Gasteiger partial charge in [0.05, 0.1) is 11.9 Å². The van der Waals surface area contributed by atoms with E-state index in [4.69, 9.17) is 0 Å². The summed E-state index contributed by atoms with van der Waals surface area (Å²) in [7, 11) is 0. The molecule has 1 N–H and O–H groups in total. The van der Waals surface area contributed by atoms with E-state index >= 15 is 0 Å². The Labute approximate surface area is 180 Å². The number of nitrogens with one attached hydrogen (secondary N) is 1. The van der Waals surface area contributed by atoms with Gasteiger partial charge >= 0.3 is 0 Å². The van der Waals surface area contributed by atoms with Gasteiger partial charge in [-0.05, 0) is 55.0 Å². The Kier molecular flexibility index (Phi) is 5.93. The average Bonchev–Trinajstić information content (AvgIpc) is 2.80. The highest BCUT2D eigenvalue weighted by molar-refractivity contribution is 6.04. The molecule has 1 aliphatic rings. The summed E-state index contributed by atoms with van der Waals surface area (Å²) in [5.74, 6) is 0.147. The van der Waals surface area contributed by atoms with Crippen molar-refractivity contribution in [2.75, 3.05) is 36.4 Å². The van der Waals surface area contributed by atoms with E-state index in [1.807, 2.05) is 42.2 Å². The quantitative estimate of drug-likeness (QED) is 0.701. The van der Waals surface area contributed by atoms with Crippen LogP contribution in [-0.4, -0.2) is 47.9 Å². The molecule has 6 nitrogen and oxygen atoms in total. The second kappa shape index (κ2) is 8.95. The normalized spacial score (nSPS) is 13.7. The highest BCUT2D eigenvalue weighted by Gasteiger charge is 2.23. The van der Waals surface area contributed by atoms with Gasteiger partial charge in [-0.15, -0.1) is 0 Å². The lowest BCUT2D eigenvalue weighted by molar-refractivity contribution is 0.0745. The minimum atomic E-state index is -0.386. The zero-order valence-electron chi connectivity index (χ0n) is 17.2. The minimum Gasteiger partial charge on any atom is -0.353 e. The molecule has 158 valence electrons. The van der Waals surface area contributed by atoms with E-state index in [9.17, 15) is 14.0 Å². The number of halogens is 1. The van der Waals surface area contributed by atoms with E-state index in [2.05, 4.69) is 15.2 Å². The van der Waals surface area contributed by atoms with Crippen molar-refractivity contribution in [1.29, 1.82) is 0 Å². The summed E-state index contributed by atoms with van der Waals surface area (Å²) < 4.78 is 13.0. The molecule has 0 bridgehead atoms. The first kappa shape index (κ1) is 20.5. The van der Waals surface area contributed by atoms with Crippen molar-refractivity contribution in [3.05, 3.63) is 89.4 Å². The summed E-state index contributed by atoms with van der Waals surface area (Å²) in [6.07, 6.45) is 1.60. The fourth-order valence-corrected chi connectivity index (χ4v) is 3.57. The summed E-state index contributed by atoms with van der Waals surface area (Å²) >= 11 is 0. The van der Waals surface area contributed by atoms with Crippen molar-refractivity contribution < 1.29 is 14.0 Å². The lowest BCUT2D eigenvalue weighted by atomic mass is 10.1. The summed E-state index contributed by atoms with van der Waals surface area (Å²) in [4.78, 5) is 33.5. The summed E-state index contributed by atoms with van der Waals surface area (Å²) in [6, 6.07) is 16.6. The molecule has 2 aromatic carbocycles. The maximum Gasteiger partial charge on any atom is 0.255 e. The van der Waals surface area contributed by atoms with Crippen molar-refractivity contribution in [3.8, 4) is 0 Å². The number of pyridine rings is 1. The smallest absolute Gasteiger partial charge is 0.255 e. The van der Waals surface area contributed by atoms with E-state index < -0.39 is 0 Å². The molecular formula is C24H23FN4O2. The highest BCUT2D eigenvalue weighted by atomic mass is 19.1. The Balaban J connectivity index is 1.34. The van der Waals surface area contributed by atoms with Crippen molar-refractivity contribution in [3.63, 3.8) is 0 Å². The van der Waals surface area contributed by atoms with Gasteiger partial charge in [0.15, 0.2) is 0 Å². The molecule has 1 aliphatic heterocycles. The largest absolute Gasteiger partial charge is 0.353 e. The van der Waals surface area contributed by atoms with E-state index in [0.29, 0.717) is 37.4 Å². The third kappa shape index (κ3) is 4.71. The van der Waals surface area contributed by atoms with E-state index in [-0.39, 0.29) is 17.6 Å². The fourth-order valence-electron chi connectivity index (χ4n) is 3.57. The number of carbonyl (C=O) groups is 2. The third-order valence-corrected chi connectivity index (χ3v) is 5.38. The van der Waals surface area contributed by atoms with Crippen LogP contribution in [0.1, 0.15) is 26.3 Å². The van der Waals surface area contributed by atoms with Crippen LogP contribution in [0, 0.1) is 12.7 Å². The van der Waals surface area contributed by atoms with Crippen LogP contribution in [0.2, 0.25) is 0 Å². The predicted molar refractivity (Wildman–Crippen MR) is 118 cm³/mol. The molecule has 0 radical (unpaired) electrons. The maximum atomic E-state index is 13.0. The molecule has 2 amide bonds. The molecular weight excluding hydrogens is 395 g/mol. The molecule has 1 aromatic heterocycles. The maximum absolute atomic E-state index is 13.0. The van der Waals surface area contributed by atoms with Crippen LogP contribution in [0.15, 0.2) is 66.9 Å². The molecule has 31 heavy (non-hydrogen) atoms. The van der Waals surface area contributed by atoms with Gasteiger partial charge in [-0.1, -0.05) is 18.2 Å². The Morgan fingerprint density at radius 3 is 2.29 bits per heavy atom.